The van der Waals surface area contributed by atoms with Crippen molar-refractivity contribution in [3.8, 4) is 0 Å². The second-order valence-corrected chi connectivity index (χ2v) is 7.02. The van der Waals surface area contributed by atoms with Gasteiger partial charge >= 0.3 is 0 Å². The first-order valence-corrected chi connectivity index (χ1v) is 9.30. The van der Waals surface area contributed by atoms with Crippen molar-refractivity contribution in [2.24, 2.45) is 0 Å². The number of carbonyl (C=O) groups is 1. The fourth-order valence-corrected chi connectivity index (χ4v) is 4.02. The van der Waals surface area contributed by atoms with E-state index in [1.165, 1.54) is 19.3 Å². The number of amides is 1. The summed E-state index contributed by atoms with van der Waals surface area (Å²) in [4.78, 5) is 16.7. The number of nitrogens with zero attached hydrogens (tertiary/aromatic N) is 1. The van der Waals surface area contributed by atoms with Crippen molar-refractivity contribution in [1.82, 2.24) is 10.3 Å². The van der Waals surface area contributed by atoms with Gasteiger partial charge in [0.2, 0.25) is 0 Å². The van der Waals surface area contributed by atoms with Crippen molar-refractivity contribution < 1.29 is 4.79 Å². The zero-order valence-electron chi connectivity index (χ0n) is 12.7. The van der Waals surface area contributed by atoms with Crippen LogP contribution in [0.2, 0.25) is 5.15 Å². The van der Waals surface area contributed by atoms with Gasteiger partial charge in [-0.15, -0.1) is 0 Å². The number of aromatic nitrogens is 1. The first-order chi connectivity index (χ1) is 10.1. The molecule has 1 amide bonds. The van der Waals surface area contributed by atoms with E-state index < -0.39 is 0 Å². The van der Waals surface area contributed by atoms with Crippen LogP contribution < -0.4 is 5.32 Å². The van der Waals surface area contributed by atoms with Gasteiger partial charge in [-0.3, -0.25) is 4.79 Å². The third-order valence-corrected chi connectivity index (χ3v) is 5.30. The second kappa shape index (κ2) is 8.04. The number of hydrogen-bond acceptors (Lipinski definition) is 3. The molecule has 1 fully saturated rings. The van der Waals surface area contributed by atoms with Crippen molar-refractivity contribution in [3.63, 3.8) is 0 Å². The van der Waals surface area contributed by atoms with Crippen LogP contribution >= 0.6 is 23.4 Å². The van der Waals surface area contributed by atoms with E-state index in [9.17, 15) is 4.79 Å². The van der Waals surface area contributed by atoms with Crippen molar-refractivity contribution in [2.75, 3.05) is 6.26 Å². The van der Waals surface area contributed by atoms with Gasteiger partial charge in [0, 0.05) is 22.5 Å². The van der Waals surface area contributed by atoms with E-state index in [4.69, 9.17) is 11.6 Å². The Bertz CT molecular complexity index is 495. The van der Waals surface area contributed by atoms with Crippen LogP contribution in [0.4, 0.5) is 0 Å². The molecule has 1 aromatic heterocycles. The standard InChI is InChI=1S/C16H23ClN2OS/c1-3-6-12-9-11(10-15(17)18-12)16(20)19-13-7-4-5-8-14(13)21-2/h9-10,13-14H,3-8H2,1-2H3,(H,19,20). The molecule has 2 unspecified atom stereocenters. The molecule has 5 heteroatoms. The van der Waals surface area contributed by atoms with Crippen molar-refractivity contribution in [3.05, 3.63) is 28.5 Å². The van der Waals surface area contributed by atoms with Gasteiger partial charge in [0.25, 0.3) is 5.91 Å². The van der Waals surface area contributed by atoms with Crippen LogP contribution in [0.5, 0.6) is 0 Å². The van der Waals surface area contributed by atoms with E-state index in [1.54, 1.807) is 6.07 Å². The molecule has 0 saturated heterocycles. The molecule has 2 atom stereocenters. The first-order valence-electron chi connectivity index (χ1n) is 7.64. The lowest BCUT2D eigenvalue weighted by Crippen LogP contribution is -2.43. The van der Waals surface area contributed by atoms with E-state index in [-0.39, 0.29) is 11.9 Å². The molecule has 0 spiro atoms. The Morgan fingerprint density at radius 3 is 2.90 bits per heavy atom. The minimum absolute atomic E-state index is 0.0254. The van der Waals surface area contributed by atoms with Gasteiger partial charge in [0.1, 0.15) is 5.15 Å². The number of aryl methyl sites for hydroxylation is 1. The number of thioether (sulfide) groups is 1. The molecule has 116 valence electrons. The Kier molecular flexibility index (Phi) is 6.37. The predicted molar refractivity (Wildman–Crippen MR) is 90.3 cm³/mol. The molecule has 0 aliphatic heterocycles. The molecule has 1 aromatic rings. The molecule has 1 aliphatic carbocycles. The van der Waals surface area contributed by atoms with Gasteiger partial charge in [0.05, 0.1) is 0 Å². The Labute approximate surface area is 136 Å². The summed E-state index contributed by atoms with van der Waals surface area (Å²) < 4.78 is 0. The van der Waals surface area contributed by atoms with Crippen LogP contribution in [0, 0.1) is 0 Å². The normalized spacial score (nSPS) is 22.0. The van der Waals surface area contributed by atoms with E-state index >= 15 is 0 Å². The fourth-order valence-electron chi connectivity index (χ4n) is 2.86. The maximum atomic E-state index is 12.5. The third kappa shape index (κ3) is 4.62. The number of carbonyl (C=O) groups excluding carboxylic acids is 1. The number of hydrogen-bond donors (Lipinski definition) is 1. The number of halogens is 1. The van der Waals surface area contributed by atoms with Crippen LogP contribution in [-0.4, -0.2) is 28.4 Å². The molecule has 2 rings (SSSR count). The predicted octanol–water partition coefficient (Wildman–Crippen LogP) is 4.09. The minimum atomic E-state index is -0.0254. The van der Waals surface area contributed by atoms with Gasteiger partial charge in [-0.05, 0) is 37.7 Å². The summed E-state index contributed by atoms with van der Waals surface area (Å²) in [5.41, 5.74) is 1.52. The SMILES string of the molecule is CCCc1cc(C(=O)NC2CCCCC2SC)cc(Cl)n1. The molecule has 1 heterocycles. The largest absolute Gasteiger partial charge is 0.348 e. The number of pyridine rings is 1. The van der Waals surface area contributed by atoms with Gasteiger partial charge in [-0.1, -0.05) is 37.8 Å². The lowest BCUT2D eigenvalue weighted by Gasteiger charge is -2.31. The van der Waals surface area contributed by atoms with E-state index in [2.05, 4.69) is 23.5 Å². The monoisotopic (exact) mass is 326 g/mol. The highest BCUT2D eigenvalue weighted by atomic mass is 35.5. The molecular formula is C16H23ClN2OS. The molecule has 21 heavy (non-hydrogen) atoms. The van der Waals surface area contributed by atoms with E-state index in [1.807, 2.05) is 17.8 Å². The number of rotatable bonds is 5. The summed E-state index contributed by atoms with van der Waals surface area (Å²) in [5.74, 6) is -0.0254. The molecule has 0 bridgehead atoms. The van der Waals surface area contributed by atoms with E-state index in [0.29, 0.717) is 16.0 Å². The Morgan fingerprint density at radius 2 is 2.19 bits per heavy atom. The summed E-state index contributed by atoms with van der Waals surface area (Å²) in [5, 5.41) is 4.11. The third-order valence-electron chi connectivity index (χ3n) is 3.94. The molecular weight excluding hydrogens is 304 g/mol. The number of nitrogens with one attached hydrogen (secondary N) is 1. The van der Waals surface area contributed by atoms with Gasteiger partial charge in [-0.25, -0.2) is 4.98 Å². The maximum Gasteiger partial charge on any atom is 0.251 e. The molecule has 1 saturated carbocycles. The lowest BCUT2D eigenvalue weighted by atomic mass is 9.94. The van der Waals surface area contributed by atoms with E-state index in [0.717, 1.165) is 25.0 Å². The lowest BCUT2D eigenvalue weighted by molar-refractivity contribution is 0.0929. The van der Waals surface area contributed by atoms with Crippen LogP contribution in [0.3, 0.4) is 0 Å². The van der Waals surface area contributed by atoms with Crippen molar-refractivity contribution >= 4 is 29.3 Å². The average Bonchev–Trinajstić information content (AvgIpc) is 2.47. The van der Waals surface area contributed by atoms with Crippen LogP contribution in [-0.2, 0) is 6.42 Å². The molecule has 0 radical (unpaired) electrons. The van der Waals surface area contributed by atoms with Crippen molar-refractivity contribution in [2.45, 2.75) is 56.7 Å². The van der Waals surface area contributed by atoms with Crippen LogP contribution in [0.15, 0.2) is 12.1 Å². The highest BCUT2D eigenvalue weighted by molar-refractivity contribution is 7.99. The topological polar surface area (TPSA) is 42.0 Å². The van der Waals surface area contributed by atoms with Gasteiger partial charge in [-0.2, -0.15) is 11.8 Å². The Morgan fingerprint density at radius 1 is 1.43 bits per heavy atom. The summed E-state index contributed by atoms with van der Waals surface area (Å²) >= 11 is 7.89. The van der Waals surface area contributed by atoms with Crippen LogP contribution in [0.1, 0.15) is 55.1 Å². The fraction of sp³-hybridized carbons (Fsp3) is 0.625. The molecule has 3 nitrogen and oxygen atoms in total. The highest BCUT2D eigenvalue weighted by Gasteiger charge is 2.26. The molecule has 1 aliphatic rings. The highest BCUT2D eigenvalue weighted by Crippen LogP contribution is 2.27. The summed E-state index contributed by atoms with van der Waals surface area (Å²) in [6.45, 7) is 2.09. The van der Waals surface area contributed by atoms with Crippen molar-refractivity contribution in [1.29, 1.82) is 0 Å². The van der Waals surface area contributed by atoms with Gasteiger partial charge < -0.3 is 5.32 Å². The summed E-state index contributed by atoms with van der Waals surface area (Å²) in [7, 11) is 0. The Hall–Kier alpha value is -0.740. The van der Waals surface area contributed by atoms with Crippen LogP contribution in [0.25, 0.3) is 0 Å². The zero-order chi connectivity index (χ0) is 15.2. The van der Waals surface area contributed by atoms with Gasteiger partial charge in [0.15, 0.2) is 0 Å². The maximum absolute atomic E-state index is 12.5. The summed E-state index contributed by atoms with van der Waals surface area (Å²) in [6.07, 6.45) is 8.67. The zero-order valence-corrected chi connectivity index (χ0v) is 14.3. The molecule has 0 aromatic carbocycles. The average molecular weight is 327 g/mol. The quantitative estimate of drug-likeness (QED) is 0.829. The summed E-state index contributed by atoms with van der Waals surface area (Å²) in [6, 6.07) is 3.79. The first kappa shape index (κ1) is 16.6. The minimum Gasteiger partial charge on any atom is -0.348 e. The second-order valence-electron chi connectivity index (χ2n) is 5.56. The molecule has 1 N–H and O–H groups in total. The Balaban J connectivity index is 2.08. The smallest absolute Gasteiger partial charge is 0.251 e.